The minimum absolute atomic E-state index is 0.213. The summed E-state index contributed by atoms with van der Waals surface area (Å²) >= 11 is 0. The Morgan fingerprint density at radius 3 is 2.44 bits per heavy atom. The van der Waals surface area contributed by atoms with Crippen LogP contribution in [0.5, 0.6) is 5.75 Å². The zero-order valence-corrected chi connectivity index (χ0v) is 13.4. The van der Waals surface area contributed by atoms with Gasteiger partial charge in [0.25, 0.3) is 5.91 Å². The van der Waals surface area contributed by atoms with Crippen molar-refractivity contribution in [2.75, 3.05) is 0 Å². The molecule has 0 aromatic heterocycles. The fourth-order valence-electron chi connectivity index (χ4n) is 2.18. The molecule has 0 aliphatic heterocycles. The SMILES string of the molecule is CC[C@@H](Oc1ccc(F)c(C(F)(F)F)c1)C(=O)NCc1ccccc1. The number of rotatable bonds is 6. The molecular weight excluding hydrogens is 338 g/mol. The molecule has 3 nitrogen and oxygen atoms in total. The van der Waals surface area contributed by atoms with Crippen LogP contribution in [0.3, 0.4) is 0 Å². The van der Waals surface area contributed by atoms with Crippen LogP contribution in [0.2, 0.25) is 0 Å². The molecule has 1 N–H and O–H groups in total. The maximum atomic E-state index is 13.3. The van der Waals surface area contributed by atoms with Crippen LogP contribution in [0, 0.1) is 5.82 Å². The summed E-state index contributed by atoms with van der Waals surface area (Å²) in [6.07, 6.45) is -5.56. The Morgan fingerprint density at radius 2 is 1.84 bits per heavy atom. The minimum Gasteiger partial charge on any atom is -0.481 e. The Kier molecular flexibility index (Phi) is 6.01. The van der Waals surface area contributed by atoms with Gasteiger partial charge in [-0.2, -0.15) is 13.2 Å². The van der Waals surface area contributed by atoms with E-state index in [1.54, 1.807) is 6.92 Å². The van der Waals surface area contributed by atoms with E-state index in [1.165, 1.54) is 0 Å². The van der Waals surface area contributed by atoms with Gasteiger partial charge in [-0.15, -0.1) is 0 Å². The molecule has 0 unspecified atom stereocenters. The number of alkyl halides is 3. The number of carbonyl (C=O) groups excluding carboxylic acids is 1. The quantitative estimate of drug-likeness (QED) is 0.784. The smallest absolute Gasteiger partial charge is 0.419 e. The summed E-state index contributed by atoms with van der Waals surface area (Å²) in [6.45, 7) is 1.94. The van der Waals surface area contributed by atoms with Crippen LogP contribution in [0.15, 0.2) is 48.5 Å². The second-order valence-electron chi connectivity index (χ2n) is 5.36. The van der Waals surface area contributed by atoms with Crippen molar-refractivity contribution in [2.45, 2.75) is 32.2 Å². The highest BCUT2D eigenvalue weighted by atomic mass is 19.4. The van der Waals surface area contributed by atoms with Crippen LogP contribution in [-0.2, 0) is 17.5 Å². The first-order valence-electron chi connectivity index (χ1n) is 7.66. The lowest BCUT2D eigenvalue weighted by atomic mass is 10.2. The van der Waals surface area contributed by atoms with E-state index in [0.717, 1.165) is 11.6 Å². The average molecular weight is 355 g/mol. The zero-order chi connectivity index (χ0) is 18.4. The largest absolute Gasteiger partial charge is 0.481 e. The molecule has 2 aromatic carbocycles. The first-order valence-corrected chi connectivity index (χ1v) is 7.66. The van der Waals surface area contributed by atoms with E-state index in [4.69, 9.17) is 4.74 Å². The fraction of sp³-hybridized carbons (Fsp3) is 0.278. The monoisotopic (exact) mass is 355 g/mol. The second kappa shape index (κ2) is 8.00. The first kappa shape index (κ1) is 18.8. The maximum absolute atomic E-state index is 13.3. The van der Waals surface area contributed by atoms with Gasteiger partial charge in [-0.05, 0) is 30.2 Å². The van der Waals surface area contributed by atoms with Crippen LogP contribution in [0.1, 0.15) is 24.5 Å². The molecule has 2 rings (SSSR count). The number of ether oxygens (including phenoxy) is 1. The van der Waals surface area contributed by atoms with Gasteiger partial charge in [0.1, 0.15) is 11.6 Å². The van der Waals surface area contributed by atoms with Crippen LogP contribution < -0.4 is 10.1 Å². The predicted molar refractivity (Wildman–Crippen MR) is 84.4 cm³/mol. The van der Waals surface area contributed by atoms with E-state index >= 15 is 0 Å². The zero-order valence-electron chi connectivity index (χ0n) is 13.4. The number of amides is 1. The van der Waals surface area contributed by atoms with Crippen molar-refractivity contribution in [3.63, 3.8) is 0 Å². The van der Waals surface area contributed by atoms with Crippen LogP contribution in [-0.4, -0.2) is 12.0 Å². The Labute approximate surface area is 142 Å². The number of carbonyl (C=O) groups is 1. The first-order chi connectivity index (χ1) is 11.8. The van der Waals surface area contributed by atoms with Crippen LogP contribution in [0.25, 0.3) is 0 Å². The number of benzene rings is 2. The van der Waals surface area contributed by atoms with Gasteiger partial charge in [0.05, 0.1) is 5.56 Å². The molecule has 0 bridgehead atoms. The van der Waals surface area contributed by atoms with Gasteiger partial charge in [-0.25, -0.2) is 4.39 Å². The van der Waals surface area contributed by atoms with E-state index in [0.29, 0.717) is 12.1 Å². The molecule has 1 amide bonds. The Balaban J connectivity index is 2.05. The molecule has 2 aromatic rings. The molecule has 0 radical (unpaired) electrons. The molecule has 0 spiro atoms. The molecule has 7 heteroatoms. The molecule has 0 saturated heterocycles. The van der Waals surface area contributed by atoms with Crippen LogP contribution >= 0.6 is 0 Å². The van der Waals surface area contributed by atoms with Gasteiger partial charge in [0.15, 0.2) is 6.10 Å². The van der Waals surface area contributed by atoms with Gasteiger partial charge in [0.2, 0.25) is 0 Å². The summed E-state index contributed by atoms with van der Waals surface area (Å²) in [4.78, 5) is 12.2. The van der Waals surface area contributed by atoms with Gasteiger partial charge < -0.3 is 10.1 Å². The highest BCUT2D eigenvalue weighted by Crippen LogP contribution is 2.33. The van der Waals surface area contributed by atoms with Crippen molar-refractivity contribution in [3.8, 4) is 5.75 Å². The van der Waals surface area contributed by atoms with Crippen molar-refractivity contribution < 1.29 is 27.1 Å². The van der Waals surface area contributed by atoms with Gasteiger partial charge in [-0.3, -0.25) is 4.79 Å². The third-order valence-corrected chi connectivity index (χ3v) is 3.49. The molecule has 0 heterocycles. The predicted octanol–water partition coefficient (Wildman–Crippen LogP) is 4.32. The Bertz CT molecular complexity index is 717. The normalized spacial score (nSPS) is 12.5. The third-order valence-electron chi connectivity index (χ3n) is 3.49. The molecule has 0 saturated carbocycles. The Hall–Kier alpha value is -2.57. The summed E-state index contributed by atoms with van der Waals surface area (Å²) in [6, 6.07) is 11.5. The van der Waals surface area contributed by atoms with Gasteiger partial charge in [-0.1, -0.05) is 37.3 Å². The van der Waals surface area contributed by atoms with Crippen molar-refractivity contribution in [1.82, 2.24) is 5.32 Å². The second-order valence-corrected chi connectivity index (χ2v) is 5.36. The van der Waals surface area contributed by atoms with E-state index in [1.807, 2.05) is 30.3 Å². The number of halogens is 4. The molecule has 0 aliphatic carbocycles. The maximum Gasteiger partial charge on any atom is 0.419 e. The lowest BCUT2D eigenvalue weighted by Gasteiger charge is -2.18. The summed E-state index contributed by atoms with van der Waals surface area (Å²) in [5.41, 5.74) is -0.545. The van der Waals surface area contributed by atoms with E-state index in [9.17, 15) is 22.4 Å². The fourth-order valence-corrected chi connectivity index (χ4v) is 2.18. The molecule has 134 valence electrons. The molecule has 0 fully saturated rings. The van der Waals surface area contributed by atoms with Crippen LogP contribution in [0.4, 0.5) is 17.6 Å². The standard InChI is InChI=1S/C18H17F4NO2/c1-2-16(17(24)23-11-12-6-4-3-5-7-12)25-13-8-9-15(19)14(10-13)18(20,21)22/h3-10,16H,2,11H2,1H3,(H,23,24)/t16-/m1/s1. The topological polar surface area (TPSA) is 38.3 Å². The summed E-state index contributed by atoms with van der Waals surface area (Å²) in [7, 11) is 0. The minimum atomic E-state index is -4.83. The Morgan fingerprint density at radius 1 is 1.16 bits per heavy atom. The molecule has 1 atom stereocenters. The molecule has 25 heavy (non-hydrogen) atoms. The van der Waals surface area contributed by atoms with Gasteiger partial charge in [0, 0.05) is 6.54 Å². The highest BCUT2D eigenvalue weighted by Gasteiger charge is 2.34. The highest BCUT2D eigenvalue weighted by molar-refractivity contribution is 5.81. The van der Waals surface area contributed by atoms with Gasteiger partial charge >= 0.3 is 6.18 Å². The van der Waals surface area contributed by atoms with E-state index < -0.39 is 29.6 Å². The molecular formula is C18H17F4NO2. The van der Waals surface area contributed by atoms with E-state index in [-0.39, 0.29) is 18.7 Å². The average Bonchev–Trinajstić information content (AvgIpc) is 2.58. The van der Waals surface area contributed by atoms with Crippen molar-refractivity contribution in [1.29, 1.82) is 0 Å². The summed E-state index contributed by atoms with van der Waals surface area (Å²) < 4.78 is 56.8. The summed E-state index contributed by atoms with van der Waals surface area (Å²) in [5.74, 6) is -2.05. The number of nitrogens with one attached hydrogen (secondary N) is 1. The number of hydrogen-bond donors (Lipinski definition) is 1. The summed E-state index contributed by atoms with van der Waals surface area (Å²) in [5, 5.41) is 2.67. The van der Waals surface area contributed by atoms with E-state index in [2.05, 4.69) is 5.32 Å². The molecule has 0 aliphatic rings. The van der Waals surface area contributed by atoms with Crippen molar-refractivity contribution in [3.05, 3.63) is 65.5 Å². The van der Waals surface area contributed by atoms with Crippen molar-refractivity contribution >= 4 is 5.91 Å². The lowest BCUT2D eigenvalue weighted by Crippen LogP contribution is -2.37. The number of hydrogen-bond acceptors (Lipinski definition) is 2. The lowest BCUT2D eigenvalue weighted by molar-refractivity contribution is -0.140. The third kappa shape index (κ3) is 5.20. The van der Waals surface area contributed by atoms with Crippen molar-refractivity contribution in [2.24, 2.45) is 0 Å².